The Morgan fingerprint density at radius 1 is 1.53 bits per heavy atom. The molecule has 0 aromatic carbocycles. The molecule has 0 aromatic rings. The lowest BCUT2D eigenvalue weighted by atomic mass is 10.2. The van der Waals surface area contributed by atoms with E-state index in [2.05, 4.69) is 5.92 Å². The van der Waals surface area contributed by atoms with Gasteiger partial charge in [0.1, 0.15) is 6.54 Å². The van der Waals surface area contributed by atoms with Crippen LogP contribution in [0.2, 0.25) is 0 Å². The van der Waals surface area contributed by atoms with Gasteiger partial charge >= 0.3 is 6.03 Å². The smallest absolute Gasteiger partial charge is 0.328 e. The Hall–Kier alpha value is -1.54. The van der Waals surface area contributed by atoms with Crippen LogP contribution in [0.15, 0.2) is 0 Å². The third-order valence-corrected chi connectivity index (χ3v) is 2.62. The number of terminal acetylenes is 1. The van der Waals surface area contributed by atoms with Crippen molar-refractivity contribution >= 4 is 11.9 Å². The largest absolute Gasteiger partial charge is 0.379 e. The fraction of sp³-hybridized carbons (Fsp3) is 0.600. The van der Waals surface area contributed by atoms with Gasteiger partial charge in [-0.15, -0.1) is 6.42 Å². The van der Waals surface area contributed by atoms with E-state index in [0.717, 1.165) is 6.42 Å². The van der Waals surface area contributed by atoms with E-state index in [1.165, 1.54) is 9.80 Å². The fourth-order valence-corrected chi connectivity index (χ4v) is 1.89. The lowest BCUT2D eigenvalue weighted by molar-refractivity contribution is -0.126. The first-order chi connectivity index (χ1) is 7.24. The predicted octanol–water partition coefficient (Wildman–Crippen LogP) is -0.327. The monoisotopic (exact) mass is 208 g/mol. The van der Waals surface area contributed by atoms with Gasteiger partial charge in [0.05, 0.1) is 19.2 Å². The molecule has 5 nitrogen and oxygen atoms in total. The van der Waals surface area contributed by atoms with Crippen molar-refractivity contribution in [2.45, 2.75) is 12.5 Å². The number of ether oxygens (including phenoxy) is 1. The minimum atomic E-state index is -0.284. The second kappa shape index (κ2) is 3.91. The maximum Gasteiger partial charge on any atom is 0.328 e. The molecule has 80 valence electrons. The van der Waals surface area contributed by atoms with Gasteiger partial charge in [-0.05, 0) is 6.42 Å². The highest BCUT2D eigenvalue weighted by atomic mass is 16.5. The average Bonchev–Trinajstić information content (AvgIpc) is 2.77. The maximum atomic E-state index is 11.8. The molecule has 2 heterocycles. The standard InChI is InChI=1S/C10H12N2O3/c1-2-4-11-6-9(13)12(10(11)14)8-3-5-15-7-8/h1,8H,3-7H2. The molecule has 0 radical (unpaired) electrons. The van der Waals surface area contributed by atoms with Crippen LogP contribution < -0.4 is 0 Å². The van der Waals surface area contributed by atoms with Crippen LogP contribution in [-0.2, 0) is 9.53 Å². The van der Waals surface area contributed by atoms with E-state index in [9.17, 15) is 9.59 Å². The molecule has 0 bridgehead atoms. The highest BCUT2D eigenvalue weighted by molar-refractivity contribution is 6.02. The average molecular weight is 208 g/mol. The Balaban J connectivity index is 2.09. The molecule has 3 amide bonds. The number of rotatable bonds is 2. The number of carbonyl (C=O) groups is 2. The molecule has 2 aliphatic rings. The van der Waals surface area contributed by atoms with E-state index in [1.54, 1.807) is 0 Å². The van der Waals surface area contributed by atoms with E-state index in [4.69, 9.17) is 11.2 Å². The van der Waals surface area contributed by atoms with Gasteiger partial charge in [-0.1, -0.05) is 5.92 Å². The molecule has 2 fully saturated rings. The number of hydrogen-bond acceptors (Lipinski definition) is 3. The summed E-state index contributed by atoms with van der Waals surface area (Å²) in [4.78, 5) is 26.0. The quantitative estimate of drug-likeness (QED) is 0.461. The number of amides is 3. The van der Waals surface area contributed by atoms with Gasteiger partial charge in [0.25, 0.3) is 5.91 Å². The molecule has 2 aliphatic heterocycles. The molecule has 5 heteroatoms. The summed E-state index contributed by atoms with van der Waals surface area (Å²) in [6.07, 6.45) is 5.84. The van der Waals surface area contributed by atoms with Crippen molar-refractivity contribution in [1.82, 2.24) is 9.80 Å². The lowest BCUT2D eigenvalue weighted by Crippen LogP contribution is -2.41. The van der Waals surface area contributed by atoms with Crippen LogP contribution in [0.3, 0.4) is 0 Å². The third-order valence-electron chi connectivity index (χ3n) is 2.62. The molecule has 2 rings (SSSR count). The number of carbonyl (C=O) groups excluding carboxylic acids is 2. The second-order valence-corrected chi connectivity index (χ2v) is 3.62. The second-order valence-electron chi connectivity index (χ2n) is 3.62. The van der Waals surface area contributed by atoms with Crippen LogP contribution in [0.1, 0.15) is 6.42 Å². The molecular formula is C10H12N2O3. The van der Waals surface area contributed by atoms with Crippen LogP contribution in [-0.4, -0.2) is 54.1 Å². The summed E-state index contributed by atoms with van der Waals surface area (Å²) in [7, 11) is 0. The van der Waals surface area contributed by atoms with E-state index in [1.807, 2.05) is 0 Å². The minimum absolute atomic E-state index is 0.0968. The summed E-state index contributed by atoms with van der Waals surface area (Å²) in [6, 6.07) is -0.388. The van der Waals surface area contributed by atoms with E-state index >= 15 is 0 Å². The molecule has 0 saturated carbocycles. The van der Waals surface area contributed by atoms with Gasteiger partial charge in [0.2, 0.25) is 0 Å². The predicted molar refractivity (Wildman–Crippen MR) is 51.9 cm³/mol. The zero-order valence-electron chi connectivity index (χ0n) is 8.31. The fourth-order valence-electron chi connectivity index (χ4n) is 1.89. The molecule has 0 N–H and O–H groups in total. The zero-order chi connectivity index (χ0) is 10.8. The van der Waals surface area contributed by atoms with Crippen LogP contribution in [0.5, 0.6) is 0 Å². The van der Waals surface area contributed by atoms with Crippen molar-refractivity contribution in [2.75, 3.05) is 26.3 Å². The Labute approximate surface area is 88.0 Å². The SMILES string of the molecule is C#CCN1CC(=O)N(C2CCOC2)C1=O. The van der Waals surface area contributed by atoms with Gasteiger partial charge in [-0.3, -0.25) is 9.69 Å². The zero-order valence-corrected chi connectivity index (χ0v) is 8.31. The molecule has 0 spiro atoms. The molecule has 1 unspecified atom stereocenters. The molecule has 15 heavy (non-hydrogen) atoms. The van der Waals surface area contributed by atoms with Gasteiger partial charge in [-0.2, -0.15) is 0 Å². The Morgan fingerprint density at radius 3 is 2.93 bits per heavy atom. The van der Waals surface area contributed by atoms with Crippen LogP contribution in [0.4, 0.5) is 4.79 Å². The molecule has 0 aliphatic carbocycles. The Kier molecular flexibility index (Phi) is 2.60. The highest BCUT2D eigenvalue weighted by Crippen LogP contribution is 2.19. The topological polar surface area (TPSA) is 49.9 Å². The molecular weight excluding hydrogens is 196 g/mol. The van der Waals surface area contributed by atoms with Crippen molar-refractivity contribution in [3.63, 3.8) is 0 Å². The highest BCUT2D eigenvalue weighted by Gasteiger charge is 2.41. The number of urea groups is 1. The van der Waals surface area contributed by atoms with Crippen molar-refractivity contribution in [3.8, 4) is 12.3 Å². The lowest BCUT2D eigenvalue weighted by Gasteiger charge is -2.20. The Bertz CT molecular complexity index is 328. The normalized spacial score (nSPS) is 26.2. The number of hydrogen-bond donors (Lipinski definition) is 0. The van der Waals surface area contributed by atoms with Crippen molar-refractivity contribution in [2.24, 2.45) is 0 Å². The van der Waals surface area contributed by atoms with Crippen LogP contribution >= 0.6 is 0 Å². The van der Waals surface area contributed by atoms with Gasteiger partial charge < -0.3 is 9.64 Å². The van der Waals surface area contributed by atoms with Gasteiger partial charge in [0, 0.05) is 6.61 Å². The maximum absolute atomic E-state index is 11.8. The van der Waals surface area contributed by atoms with Gasteiger partial charge in [-0.25, -0.2) is 4.79 Å². The molecule has 0 aromatic heterocycles. The Morgan fingerprint density at radius 2 is 2.33 bits per heavy atom. The minimum Gasteiger partial charge on any atom is -0.379 e. The number of imide groups is 1. The van der Waals surface area contributed by atoms with Crippen LogP contribution in [0.25, 0.3) is 0 Å². The molecule has 2 saturated heterocycles. The summed E-state index contributed by atoms with van der Waals surface area (Å²) in [5.74, 6) is 2.19. The summed E-state index contributed by atoms with van der Waals surface area (Å²) in [6.45, 7) is 1.34. The van der Waals surface area contributed by atoms with E-state index in [-0.39, 0.29) is 31.1 Å². The van der Waals surface area contributed by atoms with Crippen molar-refractivity contribution < 1.29 is 14.3 Å². The summed E-state index contributed by atoms with van der Waals surface area (Å²) in [5, 5.41) is 0. The van der Waals surface area contributed by atoms with Gasteiger partial charge in [0.15, 0.2) is 0 Å². The molecule has 1 atom stereocenters. The van der Waals surface area contributed by atoms with Crippen LogP contribution in [0, 0.1) is 12.3 Å². The summed E-state index contributed by atoms with van der Waals surface area (Å²) < 4.78 is 5.16. The number of nitrogens with zero attached hydrogens (tertiary/aromatic N) is 2. The van der Waals surface area contributed by atoms with Crippen molar-refractivity contribution in [1.29, 1.82) is 0 Å². The van der Waals surface area contributed by atoms with E-state index in [0.29, 0.717) is 13.2 Å². The van der Waals surface area contributed by atoms with Crippen molar-refractivity contribution in [3.05, 3.63) is 0 Å². The third kappa shape index (κ3) is 1.68. The first-order valence-corrected chi connectivity index (χ1v) is 4.86. The first-order valence-electron chi connectivity index (χ1n) is 4.86. The summed E-state index contributed by atoms with van der Waals surface area (Å²) in [5.41, 5.74) is 0. The summed E-state index contributed by atoms with van der Waals surface area (Å²) >= 11 is 0. The van der Waals surface area contributed by atoms with E-state index < -0.39 is 0 Å². The first kappa shape index (κ1) is 9.99.